The molecule has 2 N–H and O–H groups in total. The lowest BCUT2D eigenvalue weighted by Crippen LogP contribution is -2.39. The summed E-state index contributed by atoms with van der Waals surface area (Å²) in [6, 6.07) is 8.54. The fraction of sp³-hybridized carbons (Fsp3) is 0.625. The van der Waals surface area contributed by atoms with Crippen molar-refractivity contribution in [2.45, 2.75) is 31.8 Å². The number of nitrogens with two attached hydrogens (primary N) is 1. The molecular weight excluding hydrogens is 252 g/mol. The molecule has 0 saturated heterocycles. The highest BCUT2D eigenvalue weighted by Crippen LogP contribution is 2.25. The van der Waals surface area contributed by atoms with Crippen molar-refractivity contribution in [2.24, 2.45) is 5.73 Å². The SMILES string of the molecule is CCC(N)C(c1ccc(OC)cc1)N(C)CCCOC. The Morgan fingerprint density at radius 1 is 1.20 bits per heavy atom. The molecule has 4 nitrogen and oxygen atoms in total. The van der Waals surface area contributed by atoms with Gasteiger partial charge in [0.05, 0.1) is 7.11 Å². The number of hydrogen-bond acceptors (Lipinski definition) is 4. The van der Waals surface area contributed by atoms with Crippen molar-refractivity contribution in [3.05, 3.63) is 29.8 Å². The van der Waals surface area contributed by atoms with Crippen LogP contribution >= 0.6 is 0 Å². The molecule has 0 fully saturated rings. The van der Waals surface area contributed by atoms with Crippen molar-refractivity contribution in [3.8, 4) is 5.75 Å². The van der Waals surface area contributed by atoms with Gasteiger partial charge in [-0.3, -0.25) is 4.90 Å². The van der Waals surface area contributed by atoms with Crippen LogP contribution in [-0.2, 0) is 4.74 Å². The molecule has 0 amide bonds. The molecule has 2 atom stereocenters. The third-order valence-electron chi connectivity index (χ3n) is 3.67. The monoisotopic (exact) mass is 280 g/mol. The molecule has 0 radical (unpaired) electrons. The van der Waals surface area contributed by atoms with Crippen LogP contribution in [0.3, 0.4) is 0 Å². The zero-order valence-corrected chi connectivity index (χ0v) is 13.1. The number of likely N-dealkylation sites (N-methyl/N-ethyl adjacent to an activating group) is 1. The molecule has 114 valence electrons. The maximum Gasteiger partial charge on any atom is 0.118 e. The van der Waals surface area contributed by atoms with Crippen LogP contribution in [0, 0.1) is 0 Å². The normalized spacial score (nSPS) is 14.3. The number of benzene rings is 1. The van der Waals surface area contributed by atoms with Crippen LogP contribution in [0.1, 0.15) is 31.4 Å². The first-order valence-corrected chi connectivity index (χ1v) is 7.22. The first-order valence-electron chi connectivity index (χ1n) is 7.22. The van der Waals surface area contributed by atoms with Crippen LogP contribution in [0.4, 0.5) is 0 Å². The van der Waals surface area contributed by atoms with E-state index in [4.69, 9.17) is 15.2 Å². The van der Waals surface area contributed by atoms with Gasteiger partial charge in [-0.1, -0.05) is 19.1 Å². The average Bonchev–Trinajstić information content (AvgIpc) is 2.48. The van der Waals surface area contributed by atoms with Crippen LogP contribution in [0.2, 0.25) is 0 Å². The Bertz CT molecular complexity index is 367. The molecule has 0 aliphatic heterocycles. The van der Waals surface area contributed by atoms with Crippen molar-refractivity contribution in [1.29, 1.82) is 0 Å². The number of hydrogen-bond donors (Lipinski definition) is 1. The van der Waals surface area contributed by atoms with Crippen molar-refractivity contribution in [3.63, 3.8) is 0 Å². The minimum absolute atomic E-state index is 0.121. The topological polar surface area (TPSA) is 47.7 Å². The van der Waals surface area contributed by atoms with Gasteiger partial charge in [-0.2, -0.15) is 0 Å². The van der Waals surface area contributed by atoms with Gasteiger partial charge in [-0.15, -0.1) is 0 Å². The summed E-state index contributed by atoms with van der Waals surface area (Å²) in [6.07, 6.45) is 1.96. The molecule has 20 heavy (non-hydrogen) atoms. The van der Waals surface area contributed by atoms with E-state index in [2.05, 4.69) is 31.0 Å². The van der Waals surface area contributed by atoms with Crippen LogP contribution < -0.4 is 10.5 Å². The van der Waals surface area contributed by atoms with Crippen molar-refractivity contribution in [2.75, 3.05) is 34.4 Å². The van der Waals surface area contributed by atoms with Crippen molar-refractivity contribution >= 4 is 0 Å². The molecule has 0 aliphatic rings. The van der Waals surface area contributed by atoms with Crippen LogP contribution in [0.5, 0.6) is 5.75 Å². The van der Waals surface area contributed by atoms with Gasteiger partial charge in [-0.25, -0.2) is 0 Å². The second kappa shape index (κ2) is 8.95. The van der Waals surface area contributed by atoms with Crippen molar-refractivity contribution in [1.82, 2.24) is 4.90 Å². The largest absolute Gasteiger partial charge is 0.497 e. The Morgan fingerprint density at radius 2 is 1.85 bits per heavy atom. The zero-order valence-electron chi connectivity index (χ0n) is 13.1. The Morgan fingerprint density at radius 3 is 2.35 bits per heavy atom. The summed E-state index contributed by atoms with van der Waals surface area (Å²) in [7, 11) is 5.54. The van der Waals surface area contributed by atoms with E-state index in [1.807, 2.05) is 12.1 Å². The van der Waals surface area contributed by atoms with Gasteiger partial charge in [0.25, 0.3) is 0 Å². The molecule has 2 unspecified atom stereocenters. The Kier molecular flexibility index (Phi) is 7.59. The lowest BCUT2D eigenvalue weighted by Gasteiger charge is -2.33. The first-order chi connectivity index (χ1) is 9.63. The molecule has 0 aromatic heterocycles. The molecule has 4 heteroatoms. The van der Waals surface area contributed by atoms with Gasteiger partial charge in [0.1, 0.15) is 5.75 Å². The van der Waals surface area contributed by atoms with Crippen LogP contribution in [0.15, 0.2) is 24.3 Å². The summed E-state index contributed by atoms with van der Waals surface area (Å²) in [6.45, 7) is 3.88. The average molecular weight is 280 g/mol. The lowest BCUT2D eigenvalue weighted by atomic mass is 9.96. The van der Waals surface area contributed by atoms with E-state index >= 15 is 0 Å². The van der Waals surface area contributed by atoms with Gasteiger partial charge >= 0.3 is 0 Å². The Hall–Kier alpha value is -1.10. The smallest absolute Gasteiger partial charge is 0.118 e. The molecule has 1 aromatic carbocycles. The van der Waals surface area contributed by atoms with E-state index in [0.717, 1.165) is 31.7 Å². The second-order valence-electron chi connectivity index (χ2n) is 5.12. The minimum atomic E-state index is 0.121. The van der Waals surface area contributed by atoms with Gasteiger partial charge in [0.15, 0.2) is 0 Å². The summed E-state index contributed by atoms with van der Waals surface area (Å²) < 4.78 is 10.3. The van der Waals surface area contributed by atoms with Crippen LogP contribution in [0.25, 0.3) is 0 Å². The highest BCUT2D eigenvalue weighted by atomic mass is 16.5. The third-order valence-corrected chi connectivity index (χ3v) is 3.67. The summed E-state index contributed by atoms with van der Waals surface area (Å²) in [5, 5.41) is 0. The first kappa shape index (κ1) is 17.0. The highest BCUT2D eigenvalue weighted by molar-refractivity contribution is 5.30. The second-order valence-corrected chi connectivity index (χ2v) is 5.12. The molecule has 1 aromatic rings. The fourth-order valence-electron chi connectivity index (χ4n) is 2.45. The van der Waals surface area contributed by atoms with E-state index in [1.54, 1.807) is 14.2 Å². The van der Waals surface area contributed by atoms with Gasteiger partial charge in [0.2, 0.25) is 0 Å². The summed E-state index contributed by atoms with van der Waals surface area (Å²) in [4.78, 5) is 2.31. The molecule has 0 heterocycles. The Balaban J connectivity index is 2.81. The zero-order chi connectivity index (χ0) is 15.0. The number of rotatable bonds is 9. The van der Waals surface area contributed by atoms with E-state index in [1.165, 1.54) is 5.56 Å². The molecule has 0 saturated carbocycles. The predicted octanol–water partition coefficient (Wildman–Crippen LogP) is 2.44. The molecular formula is C16H28N2O2. The number of methoxy groups -OCH3 is 2. The summed E-state index contributed by atoms with van der Waals surface area (Å²) in [5.74, 6) is 0.875. The maximum absolute atomic E-state index is 6.32. The Labute approximate surface area is 122 Å². The van der Waals surface area contributed by atoms with E-state index in [-0.39, 0.29) is 12.1 Å². The van der Waals surface area contributed by atoms with Gasteiger partial charge in [0, 0.05) is 32.3 Å². The lowest BCUT2D eigenvalue weighted by molar-refractivity contribution is 0.155. The third kappa shape index (κ3) is 4.78. The predicted molar refractivity (Wildman–Crippen MR) is 83.1 cm³/mol. The van der Waals surface area contributed by atoms with E-state index in [0.29, 0.717) is 0 Å². The van der Waals surface area contributed by atoms with Gasteiger partial charge in [-0.05, 0) is 37.6 Å². The minimum Gasteiger partial charge on any atom is -0.497 e. The molecule has 1 rings (SSSR count). The quantitative estimate of drug-likeness (QED) is 0.706. The number of ether oxygens (including phenoxy) is 2. The maximum atomic E-state index is 6.32. The number of nitrogens with zero attached hydrogens (tertiary/aromatic N) is 1. The van der Waals surface area contributed by atoms with E-state index in [9.17, 15) is 0 Å². The standard InChI is InChI=1S/C16H28N2O2/c1-5-15(17)16(18(2)11-6-12-19-3)13-7-9-14(20-4)10-8-13/h7-10,15-16H,5-6,11-12,17H2,1-4H3. The van der Waals surface area contributed by atoms with E-state index < -0.39 is 0 Å². The molecule has 0 aliphatic carbocycles. The highest BCUT2D eigenvalue weighted by Gasteiger charge is 2.22. The fourth-order valence-corrected chi connectivity index (χ4v) is 2.45. The van der Waals surface area contributed by atoms with Gasteiger partial charge < -0.3 is 15.2 Å². The van der Waals surface area contributed by atoms with Crippen LogP contribution in [-0.4, -0.2) is 45.4 Å². The van der Waals surface area contributed by atoms with Crippen molar-refractivity contribution < 1.29 is 9.47 Å². The molecule has 0 spiro atoms. The summed E-state index contributed by atoms with van der Waals surface area (Å²) >= 11 is 0. The summed E-state index contributed by atoms with van der Waals surface area (Å²) in [5.41, 5.74) is 7.56. The molecule has 0 bridgehead atoms.